The van der Waals surface area contributed by atoms with Crippen LogP contribution in [-0.2, 0) is 4.79 Å². The molecule has 0 unspecified atom stereocenters. The van der Waals surface area contributed by atoms with Crippen molar-refractivity contribution in [1.29, 1.82) is 0 Å². The van der Waals surface area contributed by atoms with E-state index in [2.05, 4.69) is 29.4 Å². The number of amides is 1. The fourth-order valence-corrected chi connectivity index (χ4v) is 2.76. The standard InChI is InChI=1S/C10H17N3OS2/c1-6(2)15-9-13-12-8(16-9)11-7(14)10(3,4)5/h6H,1-5H3,(H,11,12,14). The number of nitrogens with one attached hydrogen (secondary N) is 1. The fourth-order valence-electron chi connectivity index (χ4n) is 0.794. The number of anilines is 1. The molecule has 16 heavy (non-hydrogen) atoms. The first-order valence-corrected chi connectivity index (χ1v) is 6.80. The highest BCUT2D eigenvalue weighted by molar-refractivity contribution is 8.01. The lowest BCUT2D eigenvalue weighted by atomic mass is 9.96. The van der Waals surface area contributed by atoms with Gasteiger partial charge in [-0.3, -0.25) is 4.79 Å². The Balaban J connectivity index is 2.62. The molecule has 0 aliphatic carbocycles. The van der Waals surface area contributed by atoms with E-state index in [-0.39, 0.29) is 5.91 Å². The summed E-state index contributed by atoms with van der Waals surface area (Å²) in [7, 11) is 0. The van der Waals surface area contributed by atoms with Crippen LogP contribution in [0.25, 0.3) is 0 Å². The molecule has 1 N–H and O–H groups in total. The van der Waals surface area contributed by atoms with Crippen LogP contribution in [0.2, 0.25) is 0 Å². The van der Waals surface area contributed by atoms with Crippen LogP contribution >= 0.6 is 23.1 Å². The first kappa shape index (κ1) is 13.4. The van der Waals surface area contributed by atoms with E-state index in [0.29, 0.717) is 10.4 Å². The topological polar surface area (TPSA) is 54.9 Å². The monoisotopic (exact) mass is 259 g/mol. The predicted molar refractivity (Wildman–Crippen MR) is 69.0 cm³/mol. The van der Waals surface area contributed by atoms with E-state index >= 15 is 0 Å². The number of carbonyl (C=O) groups excluding carboxylic acids is 1. The average molecular weight is 259 g/mol. The van der Waals surface area contributed by atoms with E-state index in [0.717, 1.165) is 4.34 Å². The molecule has 0 aromatic carbocycles. The maximum atomic E-state index is 11.7. The molecule has 0 aliphatic rings. The van der Waals surface area contributed by atoms with Crippen LogP contribution < -0.4 is 5.32 Å². The van der Waals surface area contributed by atoms with E-state index in [1.807, 2.05) is 20.8 Å². The summed E-state index contributed by atoms with van der Waals surface area (Å²) in [6, 6.07) is 0. The summed E-state index contributed by atoms with van der Waals surface area (Å²) >= 11 is 3.06. The van der Waals surface area contributed by atoms with Crippen LogP contribution in [0.1, 0.15) is 34.6 Å². The van der Waals surface area contributed by atoms with Gasteiger partial charge in [0.15, 0.2) is 4.34 Å². The van der Waals surface area contributed by atoms with Gasteiger partial charge in [-0.1, -0.05) is 57.7 Å². The van der Waals surface area contributed by atoms with Crippen molar-refractivity contribution in [3.05, 3.63) is 0 Å². The molecule has 1 heterocycles. The van der Waals surface area contributed by atoms with Crippen LogP contribution in [0.4, 0.5) is 5.13 Å². The van der Waals surface area contributed by atoms with Gasteiger partial charge in [0.05, 0.1) is 0 Å². The Labute approximate surface area is 104 Å². The second-order valence-electron chi connectivity index (χ2n) is 4.74. The molecule has 1 aromatic rings. The summed E-state index contributed by atoms with van der Waals surface area (Å²) in [6.45, 7) is 9.80. The molecule has 0 bridgehead atoms. The first-order chi connectivity index (χ1) is 7.29. The summed E-state index contributed by atoms with van der Waals surface area (Å²) in [5, 5.41) is 11.8. The number of nitrogens with zero attached hydrogens (tertiary/aromatic N) is 2. The molecule has 0 fully saturated rings. The van der Waals surface area contributed by atoms with Crippen molar-refractivity contribution in [3.8, 4) is 0 Å². The molecule has 1 amide bonds. The number of aromatic nitrogens is 2. The number of carbonyl (C=O) groups is 1. The van der Waals surface area contributed by atoms with E-state index in [1.165, 1.54) is 11.3 Å². The largest absolute Gasteiger partial charge is 0.300 e. The molecule has 6 heteroatoms. The lowest BCUT2D eigenvalue weighted by Gasteiger charge is -2.15. The van der Waals surface area contributed by atoms with Gasteiger partial charge < -0.3 is 5.32 Å². The zero-order valence-electron chi connectivity index (χ0n) is 10.2. The van der Waals surface area contributed by atoms with Gasteiger partial charge in [0, 0.05) is 10.7 Å². The molecule has 90 valence electrons. The Hall–Kier alpha value is -0.620. The van der Waals surface area contributed by atoms with Gasteiger partial charge >= 0.3 is 0 Å². The number of hydrogen-bond acceptors (Lipinski definition) is 5. The third-order valence-corrected chi connectivity index (χ3v) is 3.57. The van der Waals surface area contributed by atoms with Crippen molar-refractivity contribution in [2.45, 2.75) is 44.2 Å². The van der Waals surface area contributed by atoms with Crippen LogP contribution in [0, 0.1) is 5.41 Å². The molecular formula is C10H17N3OS2. The number of thioether (sulfide) groups is 1. The highest BCUT2D eigenvalue weighted by Crippen LogP contribution is 2.29. The van der Waals surface area contributed by atoms with Crippen LogP contribution in [-0.4, -0.2) is 21.4 Å². The van der Waals surface area contributed by atoms with Crippen LogP contribution in [0.5, 0.6) is 0 Å². The summed E-state index contributed by atoms with van der Waals surface area (Å²) in [6.07, 6.45) is 0. The predicted octanol–water partition coefficient (Wildman–Crippen LogP) is 3.02. The summed E-state index contributed by atoms with van der Waals surface area (Å²) in [5.41, 5.74) is -0.406. The SMILES string of the molecule is CC(C)Sc1nnc(NC(=O)C(C)(C)C)s1. The second-order valence-corrected chi connectivity index (χ2v) is 7.55. The van der Waals surface area contributed by atoms with Crippen molar-refractivity contribution < 1.29 is 4.79 Å². The molecular weight excluding hydrogens is 242 g/mol. The van der Waals surface area contributed by atoms with Crippen molar-refractivity contribution in [2.75, 3.05) is 5.32 Å². The lowest BCUT2D eigenvalue weighted by Crippen LogP contribution is -2.27. The van der Waals surface area contributed by atoms with Gasteiger partial charge in [-0.25, -0.2) is 0 Å². The smallest absolute Gasteiger partial charge is 0.231 e. The average Bonchev–Trinajstić information content (AvgIpc) is 2.49. The third kappa shape index (κ3) is 4.09. The molecule has 1 aromatic heterocycles. The summed E-state index contributed by atoms with van der Waals surface area (Å²) in [5.74, 6) is -0.0373. The van der Waals surface area contributed by atoms with Gasteiger partial charge in [0.1, 0.15) is 0 Å². The van der Waals surface area contributed by atoms with Crippen molar-refractivity contribution in [3.63, 3.8) is 0 Å². The summed E-state index contributed by atoms with van der Waals surface area (Å²) in [4.78, 5) is 11.7. The molecule has 4 nitrogen and oxygen atoms in total. The Morgan fingerprint density at radius 2 is 2.00 bits per heavy atom. The van der Waals surface area contributed by atoms with E-state index in [1.54, 1.807) is 11.8 Å². The fraction of sp³-hybridized carbons (Fsp3) is 0.700. The highest BCUT2D eigenvalue weighted by Gasteiger charge is 2.22. The van der Waals surface area contributed by atoms with Crippen LogP contribution in [0.15, 0.2) is 4.34 Å². The van der Waals surface area contributed by atoms with Gasteiger partial charge in [-0.05, 0) is 0 Å². The van der Waals surface area contributed by atoms with Gasteiger partial charge in [0.25, 0.3) is 0 Å². The zero-order chi connectivity index (χ0) is 12.3. The van der Waals surface area contributed by atoms with Gasteiger partial charge in [0.2, 0.25) is 11.0 Å². The molecule has 1 rings (SSSR count). The van der Waals surface area contributed by atoms with Gasteiger partial charge in [-0.2, -0.15) is 0 Å². The minimum atomic E-state index is -0.406. The molecule has 0 saturated heterocycles. The maximum absolute atomic E-state index is 11.7. The van der Waals surface area contributed by atoms with Crippen molar-refractivity contribution in [1.82, 2.24) is 10.2 Å². The zero-order valence-corrected chi connectivity index (χ0v) is 11.8. The minimum Gasteiger partial charge on any atom is -0.300 e. The van der Waals surface area contributed by atoms with E-state index < -0.39 is 5.41 Å². The minimum absolute atomic E-state index is 0.0373. The maximum Gasteiger partial charge on any atom is 0.231 e. The first-order valence-electron chi connectivity index (χ1n) is 5.10. The molecule has 0 atom stereocenters. The van der Waals surface area contributed by atoms with Crippen LogP contribution in [0.3, 0.4) is 0 Å². The lowest BCUT2D eigenvalue weighted by molar-refractivity contribution is -0.123. The Morgan fingerprint density at radius 3 is 2.50 bits per heavy atom. The highest BCUT2D eigenvalue weighted by atomic mass is 32.2. The van der Waals surface area contributed by atoms with Crippen molar-refractivity contribution in [2.24, 2.45) is 5.41 Å². The molecule has 0 spiro atoms. The number of hydrogen-bond donors (Lipinski definition) is 1. The second kappa shape index (κ2) is 5.14. The quantitative estimate of drug-likeness (QED) is 0.669. The van der Waals surface area contributed by atoms with Gasteiger partial charge in [-0.15, -0.1) is 10.2 Å². The molecule has 0 aliphatic heterocycles. The third-order valence-electron chi connectivity index (χ3n) is 1.64. The van der Waals surface area contributed by atoms with E-state index in [9.17, 15) is 4.79 Å². The Kier molecular flexibility index (Phi) is 4.32. The van der Waals surface area contributed by atoms with Crippen molar-refractivity contribution >= 4 is 34.1 Å². The Bertz CT molecular complexity index is 368. The van der Waals surface area contributed by atoms with E-state index in [4.69, 9.17) is 0 Å². The number of rotatable bonds is 3. The Morgan fingerprint density at radius 1 is 1.38 bits per heavy atom. The molecule has 0 saturated carbocycles. The normalized spacial score (nSPS) is 11.9. The summed E-state index contributed by atoms with van der Waals surface area (Å²) < 4.78 is 0.888. The molecule has 0 radical (unpaired) electrons.